The van der Waals surface area contributed by atoms with Crippen molar-refractivity contribution in [3.63, 3.8) is 0 Å². The minimum Gasteiger partial charge on any atom is -0.305 e. The molecule has 0 spiro atoms. The van der Waals surface area contributed by atoms with E-state index in [1.807, 2.05) is 11.3 Å². The topological polar surface area (TPSA) is 24.9 Å². The van der Waals surface area contributed by atoms with Gasteiger partial charge in [0, 0.05) is 11.1 Å². The van der Waals surface area contributed by atoms with Gasteiger partial charge in [-0.2, -0.15) is 11.8 Å². The zero-order valence-corrected chi connectivity index (χ0v) is 14.4. The molecule has 2 nitrogen and oxygen atoms in total. The largest absolute Gasteiger partial charge is 0.305 e. The molecule has 0 aliphatic carbocycles. The molecule has 1 fully saturated rings. The fourth-order valence-electron chi connectivity index (χ4n) is 2.73. The molecule has 0 saturated carbocycles. The van der Waals surface area contributed by atoms with E-state index in [0.717, 1.165) is 12.3 Å². The number of thioether (sulfide) groups is 1. The van der Waals surface area contributed by atoms with E-state index in [4.69, 9.17) is 4.98 Å². The Kier molecular flexibility index (Phi) is 4.63. The van der Waals surface area contributed by atoms with Gasteiger partial charge in [0.25, 0.3) is 0 Å². The third-order valence-electron chi connectivity index (χ3n) is 4.30. The maximum Gasteiger partial charge on any atom is 0.114 e. The lowest BCUT2D eigenvalue weighted by Crippen LogP contribution is -2.57. The second-order valence-corrected chi connectivity index (χ2v) is 8.32. The molecule has 4 heteroatoms. The van der Waals surface area contributed by atoms with Crippen molar-refractivity contribution in [2.75, 3.05) is 18.1 Å². The first-order chi connectivity index (χ1) is 8.93. The van der Waals surface area contributed by atoms with Gasteiger partial charge < -0.3 is 5.32 Å². The van der Waals surface area contributed by atoms with Crippen LogP contribution < -0.4 is 5.32 Å². The van der Waals surface area contributed by atoms with Crippen LogP contribution in [-0.4, -0.2) is 23.0 Å². The first kappa shape index (κ1) is 15.3. The molecule has 1 unspecified atom stereocenters. The van der Waals surface area contributed by atoms with Gasteiger partial charge in [-0.25, -0.2) is 4.98 Å². The van der Waals surface area contributed by atoms with Crippen LogP contribution in [-0.2, 0) is 5.54 Å². The van der Waals surface area contributed by atoms with Gasteiger partial charge in [-0.3, -0.25) is 0 Å². The van der Waals surface area contributed by atoms with Crippen LogP contribution in [0.2, 0.25) is 0 Å². The Morgan fingerprint density at radius 2 is 2.16 bits per heavy atom. The average molecular weight is 299 g/mol. The molecule has 1 atom stereocenters. The van der Waals surface area contributed by atoms with Crippen molar-refractivity contribution < 1.29 is 0 Å². The Balaban J connectivity index is 2.42. The summed E-state index contributed by atoms with van der Waals surface area (Å²) in [5.74, 6) is 2.92. The van der Waals surface area contributed by atoms with Crippen LogP contribution in [0.5, 0.6) is 0 Å². The van der Waals surface area contributed by atoms with E-state index >= 15 is 0 Å². The summed E-state index contributed by atoms with van der Waals surface area (Å²) < 4.78 is 0. The number of hydrogen-bond acceptors (Lipinski definition) is 4. The van der Waals surface area contributed by atoms with E-state index < -0.39 is 0 Å². The summed E-state index contributed by atoms with van der Waals surface area (Å²) in [6.45, 7) is 12.4. The molecule has 0 amide bonds. The first-order valence-electron chi connectivity index (χ1n) is 7.21. The SMILES string of the molecule is CCNC1(c2nc(C(C)C)cs2)CSCCC1(C)C. The Morgan fingerprint density at radius 3 is 2.68 bits per heavy atom. The highest BCUT2D eigenvalue weighted by atomic mass is 32.2. The number of nitrogens with one attached hydrogen (secondary N) is 1. The zero-order chi connectivity index (χ0) is 14.1. The van der Waals surface area contributed by atoms with E-state index in [0.29, 0.717) is 5.92 Å². The fraction of sp³-hybridized carbons (Fsp3) is 0.800. The van der Waals surface area contributed by atoms with Gasteiger partial charge in [0.15, 0.2) is 0 Å². The number of nitrogens with zero attached hydrogens (tertiary/aromatic N) is 1. The lowest BCUT2D eigenvalue weighted by molar-refractivity contribution is 0.131. The standard InChI is InChI=1S/C15H26N2S2/c1-6-16-15(10-18-8-7-14(15,4)5)13-17-12(9-19-13)11(2)3/h9,11,16H,6-8,10H2,1-5H3. The van der Waals surface area contributed by atoms with Gasteiger partial charge in [0.05, 0.1) is 11.2 Å². The van der Waals surface area contributed by atoms with E-state index in [2.05, 4.69) is 57.1 Å². The van der Waals surface area contributed by atoms with Crippen molar-refractivity contribution in [3.8, 4) is 0 Å². The van der Waals surface area contributed by atoms with E-state index in [9.17, 15) is 0 Å². The van der Waals surface area contributed by atoms with Gasteiger partial charge in [-0.05, 0) is 30.1 Å². The normalized spacial score (nSPS) is 26.8. The van der Waals surface area contributed by atoms with E-state index in [-0.39, 0.29) is 11.0 Å². The van der Waals surface area contributed by atoms with E-state index in [1.165, 1.54) is 22.9 Å². The molecule has 108 valence electrons. The van der Waals surface area contributed by atoms with Crippen LogP contribution in [0, 0.1) is 5.41 Å². The second-order valence-electron chi connectivity index (χ2n) is 6.35. The lowest BCUT2D eigenvalue weighted by atomic mass is 9.71. The maximum absolute atomic E-state index is 4.96. The van der Waals surface area contributed by atoms with Crippen molar-refractivity contribution in [1.82, 2.24) is 10.3 Å². The third kappa shape index (κ3) is 2.72. The highest BCUT2D eigenvalue weighted by Gasteiger charge is 2.49. The summed E-state index contributed by atoms with van der Waals surface area (Å²) in [4.78, 5) is 4.96. The molecular formula is C15H26N2S2. The summed E-state index contributed by atoms with van der Waals surface area (Å²) >= 11 is 3.90. The minimum absolute atomic E-state index is 0.0441. The highest BCUT2D eigenvalue weighted by molar-refractivity contribution is 7.99. The summed E-state index contributed by atoms with van der Waals surface area (Å²) in [7, 11) is 0. The average Bonchev–Trinajstić information content (AvgIpc) is 2.82. The Hall–Kier alpha value is -0.0600. The lowest BCUT2D eigenvalue weighted by Gasteiger charge is -2.49. The summed E-state index contributed by atoms with van der Waals surface area (Å²) in [6.07, 6.45) is 1.25. The molecule has 1 aliphatic rings. The molecule has 0 bridgehead atoms. The molecule has 2 heterocycles. The molecular weight excluding hydrogens is 272 g/mol. The number of rotatable bonds is 4. The van der Waals surface area contributed by atoms with Crippen molar-refractivity contribution >= 4 is 23.1 Å². The molecule has 1 saturated heterocycles. The number of hydrogen-bond donors (Lipinski definition) is 1. The summed E-state index contributed by atoms with van der Waals surface area (Å²) in [6, 6.07) is 0. The quantitative estimate of drug-likeness (QED) is 0.900. The smallest absolute Gasteiger partial charge is 0.114 e. The molecule has 1 aromatic rings. The van der Waals surface area contributed by atoms with Crippen molar-refractivity contribution in [2.24, 2.45) is 5.41 Å². The maximum atomic E-state index is 4.96. The Bertz CT molecular complexity index is 422. The molecule has 0 aromatic carbocycles. The van der Waals surface area contributed by atoms with Gasteiger partial charge in [-0.1, -0.05) is 34.6 Å². The Labute approximate surface area is 125 Å². The van der Waals surface area contributed by atoms with Gasteiger partial charge >= 0.3 is 0 Å². The molecule has 1 N–H and O–H groups in total. The highest BCUT2D eigenvalue weighted by Crippen LogP contribution is 2.49. The van der Waals surface area contributed by atoms with Crippen molar-refractivity contribution in [3.05, 3.63) is 16.1 Å². The molecule has 19 heavy (non-hydrogen) atoms. The minimum atomic E-state index is 0.0441. The number of aromatic nitrogens is 1. The predicted molar refractivity (Wildman–Crippen MR) is 87.3 cm³/mol. The monoisotopic (exact) mass is 298 g/mol. The zero-order valence-electron chi connectivity index (χ0n) is 12.7. The van der Waals surface area contributed by atoms with Crippen molar-refractivity contribution in [1.29, 1.82) is 0 Å². The van der Waals surface area contributed by atoms with Crippen LogP contribution in [0.1, 0.15) is 57.7 Å². The Morgan fingerprint density at radius 1 is 1.42 bits per heavy atom. The first-order valence-corrected chi connectivity index (χ1v) is 9.25. The predicted octanol–water partition coefficient (Wildman–Crippen LogP) is 4.23. The van der Waals surface area contributed by atoms with Gasteiger partial charge in [-0.15, -0.1) is 11.3 Å². The third-order valence-corrected chi connectivity index (χ3v) is 6.45. The van der Waals surface area contributed by atoms with Crippen molar-refractivity contribution in [2.45, 2.75) is 52.5 Å². The summed E-state index contributed by atoms with van der Waals surface area (Å²) in [5, 5.41) is 7.32. The molecule has 2 rings (SSSR count). The molecule has 1 aliphatic heterocycles. The van der Waals surface area contributed by atoms with Gasteiger partial charge in [0.2, 0.25) is 0 Å². The second kappa shape index (κ2) is 5.74. The fourth-order valence-corrected chi connectivity index (χ4v) is 5.89. The van der Waals surface area contributed by atoms with Crippen LogP contribution in [0.4, 0.5) is 0 Å². The molecule has 1 aromatic heterocycles. The molecule has 0 radical (unpaired) electrons. The van der Waals surface area contributed by atoms with Crippen LogP contribution >= 0.6 is 23.1 Å². The van der Waals surface area contributed by atoms with Crippen LogP contribution in [0.15, 0.2) is 5.38 Å². The van der Waals surface area contributed by atoms with Crippen LogP contribution in [0.25, 0.3) is 0 Å². The number of thiazole rings is 1. The summed E-state index contributed by atoms with van der Waals surface area (Å²) in [5.41, 5.74) is 1.55. The van der Waals surface area contributed by atoms with Crippen LogP contribution in [0.3, 0.4) is 0 Å². The van der Waals surface area contributed by atoms with Gasteiger partial charge in [0.1, 0.15) is 5.01 Å². The van der Waals surface area contributed by atoms with E-state index in [1.54, 1.807) is 0 Å².